The molecule has 8 heteroatoms. The lowest BCUT2D eigenvalue weighted by Crippen LogP contribution is -2.47. The monoisotopic (exact) mass is 338 g/mol. The highest BCUT2D eigenvalue weighted by Gasteiger charge is 2.28. The van der Waals surface area contributed by atoms with Crippen molar-refractivity contribution in [3.05, 3.63) is 43.0 Å². The second-order valence-corrected chi connectivity index (χ2v) is 5.91. The van der Waals surface area contributed by atoms with E-state index in [0.717, 1.165) is 11.3 Å². The van der Waals surface area contributed by atoms with E-state index < -0.39 is 0 Å². The van der Waals surface area contributed by atoms with Crippen molar-refractivity contribution in [3.8, 4) is 5.69 Å². The molecule has 128 valence electrons. The summed E-state index contributed by atoms with van der Waals surface area (Å²) >= 11 is 0. The SMILES string of the molecule is NC(=O)CC1COCCN1c1ncnc2c1ncn2-c1ccccc1. The van der Waals surface area contributed by atoms with E-state index >= 15 is 0 Å². The first-order valence-corrected chi connectivity index (χ1v) is 8.10. The third-order valence-electron chi connectivity index (χ3n) is 4.28. The van der Waals surface area contributed by atoms with Crippen LogP contribution in [0.4, 0.5) is 5.82 Å². The zero-order valence-electron chi connectivity index (χ0n) is 13.6. The fraction of sp³-hybridized carbons (Fsp3) is 0.294. The summed E-state index contributed by atoms with van der Waals surface area (Å²) in [5.74, 6) is 0.342. The first kappa shape index (κ1) is 15.5. The molecule has 4 rings (SSSR count). The summed E-state index contributed by atoms with van der Waals surface area (Å²) in [6.45, 7) is 1.64. The van der Waals surface area contributed by atoms with Crippen LogP contribution in [0.15, 0.2) is 43.0 Å². The summed E-state index contributed by atoms with van der Waals surface area (Å²) in [4.78, 5) is 26.8. The molecule has 1 unspecified atom stereocenters. The Hall–Kier alpha value is -3.00. The highest BCUT2D eigenvalue weighted by atomic mass is 16.5. The average Bonchev–Trinajstić information content (AvgIpc) is 3.07. The lowest BCUT2D eigenvalue weighted by molar-refractivity contribution is -0.118. The number of aromatic nitrogens is 4. The Morgan fingerprint density at radius 2 is 2.08 bits per heavy atom. The predicted molar refractivity (Wildman–Crippen MR) is 92.4 cm³/mol. The molecule has 1 aromatic carbocycles. The number of rotatable bonds is 4. The zero-order valence-corrected chi connectivity index (χ0v) is 13.6. The molecule has 0 aliphatic carbocycles. The Bertz CT molecular complexity index is 895. The fourth-order valence-corrected chi connectivity index (χ4v) is 3.15. The number of carbonyl (C=O) groups is 1. The van der Waals surface area contributed by atoms with Gasteiger partial charge in [-0.1, -0.05) is 18.2 Å². The van der Waals surface area contributed by atoms with Gasteiger partial charge in [-0.2, -0.15) is 0 Å². The summed E-state index contributed by atoms with van der Waals surface area (Å²) in [5, 5.41) is 0. The number of carbonyl (C=O) groups excluding carboxylic acids is 1. The van der Waals surface area contributed by atoms with Gasteiger partial charge in [0.25, 0.3) is 0 Å². The molecule has 2 N–H and O–H groups in total. The van der Waals surface area contributed by atoms with Crippen LogP contribution in [0.25, 0.3) is 16.9 Å². The molecule has 8 nitrogen and oxygen atoms in total. The van der Waals surface area contributed by atoms with Gasteiger partial charge in [-0.3, -0.25) is 9.36 Å². The van der Waals surface area contributed by atoms with Crippen molar-refractivity contribution in [2.24, 2.45) is 5.73 Å². The van der Waals surface area contributed by atoms with Gasteiger partial charge in [-0.05, 0) is 12.1 Å². The molecule has 1 fully saturated rings. The number of para-hydroxylation sites is 1. The zero-order chi connectivity index (χ0) is 17.2. The summed E-state index contributed by atoms with van der Waals surface area (Å²) < 4.78 is 7.42. The van der Waals surface area contributed by atoms with Gasteiger partial charge in [-0.25, -0.2) is 15.0 Å². The van der Waals surface area contributed by atoms with Crippen molar-refractivity contribution < 1.29 is 9.53 Å². The third kappa shape index (κ3) is 2.91. The van der Waals surface area contributed by atoms with Crippen molar-refractivity contribution in [3.63, 3.8) is 0 Å². The number of ether oxygens (including phenoxy) is 1. The molecule has 1 aliphatic heterocycles. The number of nitrogens with zero attached hydrogens (tertiary/aromatic N) is 5. The van der Waals surface area contributed by atoms with E-state index in [-0.39, 0.29) is 18.4 Å². The average molecular weight is 338 g/mol. The number of amides is 1. The quantitative estimate of drug-likeness (QED) is 0.759. The van der Waals surface area contributed by atoms with E-state index in [1.54, 1.807) is 6.33 Å². The van der Waals surface area contributed by atoms with E-state index in [1.165, 1.54) is 6.33 Å². The minimum absolute atomic E-state index is 0.147. The number of benzene rings is 1. The topological polar surface area (TPSA) is 99.2 Å². The maximum absolute atomic E-state index is 11.4. The van der Waals surface area contributed by atoms with Crippen LogP contribution in [0.1, 0.15) is 6.42 Å². The lowest BCUT2D eigenvalue weighted by atomic mass is 10.1. The molecule has 3 heterocycles. The van der Waals surface area contributed by atoms with Gasteiger partial charge in [0.05, 0.1) is 19.3 Å². The van der Waals surface area contributed by atoms with Crippen LogP contribution in [0.2, 0.25) is 0 Å². The van der Waals surface area contributed by atoms with E-state index in [4.69, 9.17) is 10.5 Å². The first-order chi connectivity index (χ1) is 12.2. The molecule has 0 saturated carbocycles. The Morgan fingerprint density at radius 1 is 1.24 bits per heavy atom. The normalized spacial score (nSPS) is 17.8. The lowest BCUT2D eigenvalue weighted by Gasteiger charge is -2.35. The van der Waals surface area contributed by atoms with Crippen LogP contribution in [0.3, 0.4) is 0 Å². The Balaban J connectivity index is 1.77. The van der Waals surface area contributed by atoms with Gasteiger partial charge in [-0.15, -0.1) is 0 Å². The van der Waals surface area contributed by atoms with Crippen LogP contribution in [-0.2, 0) is 9.53 Å². The molecule has 2 aromatic heterocycles. The van der Waals surface area contributed by atoms with Crippen LogP contribution in [-0.4, -0.2) is 51.2 Å². The largest absolute Gasteiger partial charge is 0.377 e. The molecule has 1 amide bonds. The maximum atomic E-state index is 11.4. The van der Waals surface area contributed by atoms with Crippen LogP contribution >= 0.6 is 0 Å². The van der Waals surface area contributed by atoms with Gasteiger partial charge in [0.2, 0.25) is 5.91 Å². The number of hydrogen-bond acceptors (Lipinski definition) is 6. The van der Waals surface area contributed by atoms with Crippen molar-refractivity contribution in [1.29, 1.82) is 0 Å². The number of morpholine rings is 1. The van der Waals surface area contributed by atoms with Crippen molar-refractivity contribution in [2.75, 3.05) is 24.7 Å². The van der Waals surface area contributed by atoms with Gasteiger partial charge >= 0.3 is 0 Å². The number of imidazole rings is 1. The summed E-state index contributed by atoms with van der Waals surface area (Å²) in [5.41, 5.74) is 7.78. The van der Waals surface area contributed by atoms with Crippen molar-refractivity contribution in [2.45, 2.75) is 12.5 Å². The van der Waals surface area contributed by atoms with Crippen molar-refractivity contribution >= 4 is 22.9 Å². The number of hydrogen-bond donors (Lipinski definition) is 1. The minimum atomic E-state index is -0.361. The van der Waals surface area contributed by atoms with Crippen LogP contribution in [0.5, 0.6) is 0 Å². The van der Waals surface area contributed by atoms with Crippen LogP contribution in [0, 0.1) is 0 Å². The van der Waals surface area contributed by atoms with E-state index in [0.29, 0.717) is 31.1 Å². The molecule has 1 saturated heterocycles. The molecule has 1 atom stereocenters. The minimum Gasteiger partial charge on any atom is -0.377 e. The number of fused-ring (bicyclic) bond motifs is 1. The molecule has 25 heavy (non-hydrogen) atoms. The number of nitrogens with two attached hydrogens (primary N) is 1. The molecular formula is C17H18N6O2. The molecule has 3 aromatic rings. The predicted octanol–water partition coefficient (Wildman–Crippen LogP) is 0.896. The number of anilines is 1. The standard InChI is InChI=1S/C17H18N6O2/c18-14(24)8-13-9-25-7-6-22(13)16-15-17(20-10-19-16)23(11-21-15)12-4-2-1-3-5-12/h1-5,10-11,13H,6-9H2,(H2,18,24). The molecule has 0 bridgehead atoms. The fourth-order valence-electron chi connectivity index (χ4n) is 3.15. The van der Waals surface area contributed by atoms with E-state index in [9.17, 15) is 4.79 Å². The van der Waals surface area contributed by atoms with E-state index in [1.807, 2.05) is 39.8 Å². The molecule has 0 radical (unpaired) electrons. The maximum Gasteiger partial charge on any atom is 0.219 e. The molecule has 0 spiro atoms. The third-order valence-corrected chi connectivity index (χ3v) is 4.28. The van der Waals surface area contributed by atoms with Gasteiger partial charge in [0, 0.05) is 18.7 Å². The van der Waals surface area contributed by atoms with Gasteiger partial charge in [0.1, 0.15) is 12.7 Å². The Kier molecular flexibility index (Phi) is 4.02. The smallest absolute Gasteiger partial charge is 0.219 e. The van der Waals surface area contributed by atoms with Crippen molar-refractivity contribution in [1.82, 2.24) is 19.5 Å². The van der Waals surface area contributed by atoms with Gasteiger partial charge in [0.15, 0.2) is 17.0 Å². The first-order valence-electron chi connectivity index (χ1n) is 8.10. The highest BCUT2D eigenvalue weighted by Crippen LogP contribution is 2.27. The molecular weight excluding hydrogens is 320 g/mol. The Morgan fingerprint density at radius 3 is 2.88 bits per heavy atom. The van der Waals surface area contributed by atoms with E-state index in [2.05, 4.69) is 15.0 Å². The van der Waals surface area contributed by atoms with Crippen LogP contribution < -0.4 is 10.6 Å². The van der Waals surface area contributed by atoms with Gasteiger partial charge < -0.3 is 15.4 Å². The Labute approximate surface area is 144 Å². The molecule has 1 aliphatic rings. The summed E-state index contributed by atoms with van der Waals surface area (Å²) in [6, 6.07) is 9.74. The second kappa shape index (κ2) is 6.48. The second-order valence-electron chi connectivity index (χ2n) is 5.91. The number of primary amides is 1. The highest BCUT2D eigenvalue weighted by molar-refractivity contribution is 5.85. The summed E-state index contributed by atoms with van der Waals surface area (Å²) in [7, 11) is 0. The summed E-state index contributed by atoms with van der Waals surface area (Å²) in [6.07, 6.45) is 3.47.